The molecule has 0 aromatic heterocycles. The lowest BCUT2D eigenvalue weighted by atomic mass is 10.1. The van der Waals surface area contributed by atoms with Crippen LogP contribution in [0.2, 0.25) is 0 Å². The van der Waals surface area contributed by atoms with Gasteiger partial charge in [0.1, 0.15) is 0 Å². The van der Waals surface area contributed by atoms with Gasteiger partial charge in [-0.3, -0.25) is 0 Å². The van der Waals surface area contributed by atoms with Crippen LogP contribution in [0.15, 0.2) is 30.3 Å². The van der Waals surface area contributed by atoms with Crippen LogP contribution in [0.3, 0.4) is 0 Å². The number of likely N-dealkylation sites (N-methyl/N-ethyl adjacent to an activating group) is 1. The standard InChI is InChI=1S/C10H15N.C6H15N.CH4O.ClH/c1-9(11-2)8-10-6-4-3-5-7-10;1-4-7(5-2)6-3;1-2;/h3-7,9,11H,8H2,1-2H3;4-6H2,1-3H3;2H,1H3;1H/t9-;;;/m0.../s1. The van der Waals surface area contributed by atoms with Gasteiger partial charge in [0, 0.05) is 13.2 Å². The summed E-state index contributed by atoms with van der Waals surface area (Å²) in [5.41, 5.74) is 1.40. The highest BCUT2D eigenvalue weighted by Crippen LogP contribution is 2.01. The molecule has 0 bridgehead atoms. The summed E-state index contributed by atoms with van der Waals surface area (Å²) in [6, 6.07) is 11.1. The van der Waals surface area contributed by atoms with E-state index in [4.69, 9.17) is 5.11 Å². The molecule has 2 N–H and O–H groups in total. The van der Waals surface area contributed by atoms with Gasteiger partial charge >= 0.3 is 0 Å². The Kier molecular flexibility index (Phi) is 23.4. The first-order chi connectivity index (χ1) is 9.67. The third-order valence-corrected chi connectivity index (χ3v) is 3.22. The van der Waals surface area contributed by atoms with Crippen molar-refractivity contribution in [3.63, 3.8) is 0 Å². The summed E-state index contributed by atoms with van der Waals surface area (Å²) in [5.74, 6) is 0. The van der Waals surface area contributed by atoms with Crippen LogP contribution in [-0.4, -0.2) is 49.8 Å². The van der Waals surface area contributed by atoms with Crippen LogP contribution in [0, 0.1) is 0 Å². The number of aliphatic hydroxyl groups excluding tert-OH is 1. The van der Waals surface area contributed by atoms with Crippen LogP contribution >= 0.6 is 12.4 Å². The van der Waals surface area contributed by atoms with E-state index in [1.165, 1.54) is 25.2 Å². The zero-order valence-electron chi connectivity index (χ0n) is 14.6. The molecule has 0 fully saturated rings. The molecule has 1 aromatic carbocycles. The van der Waals surface area contributed by atoms with E-state index >= 15 is 0 Å². The lowest BCUT2D eigenvalue weighted by molar-refractivity contribution is 0.321. The predicted molar refractivity (Wildman–Crippen MR) is 97.5 cm³/mol. The molecular weight excluding hydrogens is 284 g/mol. The van der Waals surface area contributed by atoms with Crippen molar-refractivity contribution in [1.29, 1.82) is 0 Å². The third kappa shape index (κ3) is 15.6. The largest absolute Gasteiger partial charge is 0.400 e. The highest BCUT2D eigenvalue weighted by Gasteiger charge is 1.97. The molecule has 0 radical (unpaired) electrons. The Morgan fingerprint density at radius 1 is 1.00 bits per heavy atom. The molecule has 0 aliphatic carbocycles. The summed E-state index contributed by atoms with van der Waals surface area (Å²) in [7, 11) is 2.99. The first-order valence-electron chi connectivity index (χ1n) is 7.56. The molecular formula is C17H35ClN2O. The van der Waals surface area contributed by atoms with Gasteiger partial charge in [-0.15, -0.1) is 12.4 Å². The average Bonchev–Trinajstić information content (AvgIpc) is 2.52. The molecule has 0 aliphatic heterocycles. The van der Waals surface area contributed by atoms with E-state index in [0.29, 0.717) is 6.04 Å². The minimum atomic E-state index is 0. The van der Waals surface area contributed by atoms with Crippen molar-refractivity contribution in [2.45, 2.75) is 40.2 Å². The van der Waals surface area contributed by atoms with Crippen LogP contribution in [-0.2, 0) is 6.42 Å². The maximum Gasteiger partial charge on any atom is 0.0319 e. The Balaban J connectivity index is -0.000000285. The normalized spacial score (nSPS) is 10.5. The summed E-state index contributed by atoms with van der Waals surface area (Å²) >= 11 is 0. The summed E-state index contributed by atoms with van der Waals surface area (Å²) < 4.78 is 0. The Labute approximate surface area is 138 Å². The molecule has 3 nitrogen and oxygen atoms in total. The molecule has 126 valence electrons. The molecule has 21 heavy (non-hydrogen) atoms. The summed E-state index contributed by atoms with van der Waals surface area (Å²) in [6.45, 7) is 12.3. The second kappa shape index (κ2) is 19.4. The van der Waals surface area contributed by atoms with Gasteiger partial charge in [0.05, 0.1) is 0 Å². The highest BCUT2D eigenvalue weighted by atomic mass is 35.5. The maximum atomic E-state index is 7.00. The Morgan fingerprint density at radius 2 is 1.43 bits per heavy atom. The molecule has 0 heterocycles. The first-order valence-corrected chi connectivity index (χ1v) is 7.56. The van der Waals surface area contributed by atoms with Crippen molar-refractivity contribution >= 4 is 12.4 Å². The fourth-order valence-corrected chi connectivity index (χ4v) is 1.74. The highest BCUT2D eigenvalue weighted by molar-refractivity contribution is 5.85. The lowest BCUT2D eigenvalue weighted by Crippen LogP contribution is -2.23. The van der Waals surface area contributed by atoms with Crippen LogP contribution in [0.25, 0.3) is 0 Å². The molecule has 0 unspecified atom stereocenters. The number of nitrogens with one attached hydrogen (secondary N) is 1. The van der Waals surface area contributed by atoms with E-state index in [2.05, 4.69) is 62.2 Å². The predicted octanol–water partition coefficient (Wildman–Crippen LogP) is 3.22. The van der Waals surface area contributed by atoms with Gasteiger partial charge in [-0.25, -0.2) is 0 Å². The van der Waals surface area contributed by atoms with Crippen molar-refractivity contribution in [3.8, 4) is 0 Å². The molecule has 4 heteroatoms. The van der Waals surface area contributed by atoms with Gasteiger partial charge in [-0.05, 0) is 45.6 Å². The van der Waals surface area contributed by atoms with Gasteiger partial charge in [-0.2, -0.15) is 0 Å². The number of hydrogen-bond acceptors (Lipinski definition) is 3. The molecule has 0 aliphatic rings. The van der Waals surface area contributed by atoms with Crippen LogP contribution in [0.4, 0.5) is 0 Å². The van der Waals surface area contributed by atoms with Gasteiger partial charge in [0.15, 0.2) is 0 Å². The van der Waals surface area contributed by atoms with E-state index in [9.17, 15) is 0 Å². The minimum absolute atomic E-state index is 0. The number of benzene rings is 1. The average molecular weight is 319 g/mol. The molecule has 1 aromatic rings. The van der Waals surface area contributed by atoms with Crippen molar-refractivity contribution in [2.24, 2.45) is 0 Å². The van der Waals surface area contributed by atoms with E-state index in [1.807, 2.05) is 13.1 Å². The zero-order valence-corrected chi connectivity index (χ0v) is 15.4. The maximum absolute atomic E-state index is 7.00. The summed E-state index contributed by atoms with van der Waals surface area (Å²) in [5, 5.41) is 10.2. The fourth-order valence-electron chi connectivity index (χ4n) is 1.74. The minimum Gasteiger partial charge on any atom is -0.400 e. The fraction of sp³-hybridized carbons (Fsp3) is 0.647. The SMILES string of the molecule is CCN(CC)CC.CN[C@@H](C)Cc1ccccc1.CO.Cl. The quantitative estimate of drug-likeness (QED) is 0.845. The molecule has 0 amide bonds. The van der Waals surface area contributed by atoms with Gasteiger partial charge in [-0.1, -0.05) is 51.1 Å². The first kappa shape index (κ1) is 25.3. The topological polar surface area (TPSA) is 35.5 Å². The number of rotatable bonds is 6. The second-order valence-corrected chi connectivity index (χ2v) is 4.50. The van der Waals surface area contributed by atoms with Crippen LogP contribution in [0.1, 0.15) is 33.3 Å². The second-order valence-electron chi connectivity index (χ2n) is 4.50. The Bertz CT molecular complexity index is 274. The number of nitrogens with zero attached hydrogens (tertiary/aromatic N) is 1. The van der Waals surface area contributed by atoms with Gasteiger partial charge in [0.2, 0.25) is 0 Å². The Morgan fingerprint density at radius 3 is 1.71 bits per heavy atom. The molecule has 0 saturated heterocycles. The smallest absolute Gasteiger partial charge is 0.0319 e. The molecule has 0 spiro atoms. The van der Waals surface area contributed by atoms with Crippen molar-refractivity contribution in [2.75, 3.05) is 33.8 Å². The zero-order chi connectivity index (χ0) is 15.8. The van der Waals surface area contributed by atoms with Crippen molar-refractivity contribution < 1.29 is 5.11 Å². The Hall–Kier alpha value is -0.610. The van der Waals surface area contributed by atoms with Crippen LogP contribution in [0.5, 0.6) is 0 Å². The lowest BCUT2D eigenvalue weighted by Gasteiger charge is -2.13. The number of aliphatic hydroxyl groups is 1. The van der Waals surface area contributed by atoms with Crippen molar-refractivity contribution in [3.05, 3.63) is 35.9 Å². The third-order valence-electron chi connectivity index (χ3n) is 3.22. The van der Waals surface area contributed by atoms with Crippen molar-refractivity contribution in [1.82, 2.24) is 10.2 Å². The monoisotopic (exact) mass is 318 g/mol. The molecule has 1 atom stereocenters. The van der Waals surface area contributed by atoms with Crippen LogP contribution < -0.4 is 5.32 Å². The van der Waals surface area contributed by atoms with Gasteiger partial charge < -0.3 is 15.3 Å². The van der Waals surface area contributed by atoms with E-state index in [-0.39, 0.29) is 12.4 Å². The summed E-state index contributed by atoms with van der Waals surface area (Å²) in [4.78, 5) is 2.38. The van der Waals surface area contributed by atoms with E-state index < -0.39 is 0 Å². The van der Waals surface area contributed by atoms with E-state index in [1.54, 1.807) is 0 Å². The number of hydrogen-bond donors (Lipinski definition) is 2. The molecule has 0 saturated carbocycles. The molecule has 1 rings (SSSR count). The van der Waals surface area contributed by atoms with Gasteiger partial charge in [0.25, 0.3) is 0 Å². The number of halogens is 1. The van der Waals surface area contributed by atoms with E-state index in [0.717, 1.165) is 13.5 Å². The summed E-state index contributed by atoms with van der Waals surface area (Å²) in [6.07, 6.45) is 1.11.